The van der Waals surface area contributed by atoms with Gasteiger partial charge >= 0.3 is 12.0 Å². The molecule has 0 aliphatic rings. The van der Waals surface area contributed by atoms with Crippen LogP contribution in [0.1, 0.15) is 38.1 Å². The molecule has 0 fully saturated rings. The zero-order valence-corrected chi connectivity index (χ0v) is 13.7. The SMILES string of the molecule is CC(C)(C)OC(=O)Nc1cc(Br)ccc1C(=O)C(C)(F)F. The molecule has 7 heteroatoms. The number of Topliss-reactive ketones (excluding diaryl/α,β-unsaturated/α-hetero) is 1. The van der Waals surface area contributed by atoms with E-state index in [0.717, 1.165) is 0 Å². The average molecular weight is 364 g/mol. The van der Waals surface area contributed by atoms with E-state index in [-0.39, 0.29) is 11.3 Å². The van der Waals surface area contributed by atoms with Crippen LogP contribution in [0.4, 0.5) is 19.3 Å². The first-order chi connectivity index (χ1) is 9.40. The summed E-state index contributed by atoms with van der Waals surface area (Å²) in [6, 6.07) is 4.03. The first-order valence-electron chi connectivity index (χ1n) is 6.12. The maximum atomic E-state index is 13.2. The molecule has 0 aliphatic carbocycles. The minimum absolute atomic E-state index is 0.0369. The number of hydrogen-bond acceptors (Lipinski definition) is 3. The fourth-order valence-electron chi connectivity index (χ4n) is 1.47. The van der Waals surface area contributed by atoms with Gasteiger partial charge in [-0.05, 0) is 39.0 Å². The third-order valence-electron chi connectivity index (χ3n) is 2.26. The van der Waals surface area contributed by atoms with Crippen molar-refractivity contribution in [2.24, 2.45) is 0 Å². The van der Waals surface area contributed by atoms with Crippen LogP contribution in [0.5, 0.6) is 0 Å². The summed E-state index contributed by atoms with van der Waals surface area (Å²) in [5.74, 6) is -4.90. The Balaban J connectivity index is 3.09. The first-order valence-corrected chi connectivity index (χ1v) is 6.91. The molecular weight excluding hydrogens is 348 g/mol. The number of nitrogens with one attached hydrogen (secondary N) is 1. The predicted octanol–water partition coefficient (Wildman–Crippen LogP) is 4.63. The highest BCUT2D eigenvalue weighted by molar-refractivity contribution is 9.10. The van der Waals surface area contributed by atoms with Gasteiger partial charge in [0.05, 0.1) is 5.69 Å². The van der Waals surface area contributed by atoms with Gasteiger partial charge < -0.3 is 4.74 Å². The first kappa shape index (κ1) is 17.6. The minimum atomic E-state index is -3.53. The van der Waals surface area contributed by atoms with Gasteiger partial charge in [0.15, 0.2) is 0 Å². The molecule has 0 radical (unpaired) electrons. The molecule has 0 aromatic heterocycles. The molecule has 1 rings (SSSR count). The van der Waals surface area contributed by atoms with Crippen LogP contribution < -0.4 is 5.32 Å². The van der Waals surface area contributed by atoms with Crippen molar-refractivity contribution in [3.63, 3.8) is 0 Å². The largest absolute Gasteiger partial charge is 0.444 e. The number of anilines is 1. The highest BCUT2D eigenvalue weighted by Crippen LogP contribution is 2.28. The number of rotatable bonds is 3. The summed E-state index contributed by atoms with van der Waals surface area (Å²) < 4.78 is 31.9. The van der Waals surface area contributed by atoms with Gasteiger partial charge in [0.1, 0.15) is 5.60 Å². The highest BCUT2D eigenvalue weighted by Gasteiger charge is 2.35. The van der Waals surface area contributed by atoms with Crippen LogP contribution in [0.2, 0.25) is 0 Å². The van der Waals surface area contributed by atoms with Crippen molar-refractivity contribution in [1.29, 1.82) is 0 Å². The lowest BCUT2D eigenvalue weighted by Gasteiger charge is -2.21. The van der Waals surface area contributed by atoms with Crippen LogP contribution in [0.15, 0.2) is 22.7 Å². The van der Waals surface area contributed by atoms with E-state index >= 15 is 0 Å². The van der Waals surface area contributed by atoms with Crippen molar-refractivity contribution < 1.29 is 23.1 Å². The van der Waals surface area contributed by atoms with Crippen molar-refractivity contribution in [3.05, 3.63) is 28.2 Å². The molecule has 0 saturated heterocycles. The average Bonchev–Trinajstić information content (AvgIpc) is 2.24. The Bertz CT molecular complexity index is 562. The van der Waals surface area contributed by atoms with Gasteiger partial charge in [0.25, 0.3) is 0 Å². The second-order valence-corrected chi connectivity index (χ2v) is 6.45. The number of ketones is 1. The number of carbonyl (C=O) groups is 2. The summed E-state index contributed by atoms with van der Waals surface area (Å²) in [6.45, 7) is 5.51. The maximum Gasteiger partial charge on any atom is 0.412 e. The predicted molar refractivity (Wildman–Crippen MR) is 79.0 cm³/mol. The fourth-order valence-corrected chi connectivity index (χ4v) is 1.83. The molecule has 1 N–H and O–H groups in total. The zero-order chi connectivity index (χ0) is 16.4. The molecule has 1 aromatic carbocycles. The minimum Gasteiger partial charge on any atom is -0.444 e. The highest BCUT2D eigenvalue weighted by atomic mass is 79.9. The van der Waals surface area contributed by atoms with Crippen molar-refractivity contribution in [2.75, 3.05) is 5.32 Å². The van der Waals surface area contributed by atoms with Crippen molar-refractivity contribution in [2.45, 2.75) is 39.2 Å². The second kappa shape index (κ2) is 6.09. The summed E-state index contributed by atoms with van der Waals surface area (Å²) in [7, 11) is 0. The van der Waals surface area contributed by atoms with Crippen LogP contribution in [0, 0.1) is 0 Å². The normalized spacial score (nSPS) is 12.0. The van der Waals surface area contributed by atoms with Crippen LogP contribution in [0.25, 0.3) is 0 Å². The molecule has 4 nitrogen and oxygen atoms in total. The Morgan fingerprint density at radius 1 is 1.19 bits per heavy atom. The number of benzene rings is 1. The van der Waals surface area contributed by atoms with Crippen LogP contribution >= 0.6 is 15.9 Å². The van der Waals surface area contributed by atoms with Crippen LogP contribution in [-0.2, 0) is 4.74 Å². The molecule has 116 valence electrons. The van der Waals surface area contributed by atoms with E-state index in [2.05, 4.69) is 21.2 Å². The third-order valence-corrected chi connectivity index (χ3v) is 2.75. The Labute approximate surface area is 130 Å². The number of halogens is 3. The quantitative estimate of drug-likeness (QED) is 0.796. The zero-order valence-electron chi connectivity index (χ0n) is 12.1. The fraction of sp³-hybridized carbons (Fsp3) is 0.429. The number of amides is 1. The molecule has 0 bridgehead atoms. The van der Waals surface area contributed by atoms with Gasteiger partial charge in [-0.3, -0.25) is 10.1 Å². The molecule has 1 aromatic rings. The lowest BCUT2D eigenvalue weighted by atomic mass is 10.0. The maximum absolute atomic E-state index is 13.2. The standard InChI is InChI=1S/C14H16BrF2NO3/c1-13(2,3)21-12(20)18-10-7-8(15)5-6-9(10)11(19)14(4,16)17/h5-7H,1-4H3,(H,18,20). The lowest BCUT2D eigenvalue weighted by Crippen LogP contribution is -2.29. The van der Waals surface area contributed by atoms with E-state index < -0.39 is 23.4 Å². The summed E-state index contributed by atoms with van der Waals surface area (Å²) in [4.78, 5) is 23.4. The van der Waals surface area contributed by atoms with Crippen LogP contribution in [-0.4, -0.2) is 23.4 Å². The third kappa shape index (κ3) is 5.41. The topological polar surface area (TPSA) is 55.4 Å². The molecule has 0 spiro atoms. The van der Waals surface area contributed by atoms with E-state index in [1.165, 1.54) is 18.2 Å². The van der Waals surface area contributed by atoms with Gasteiger partial charge in [0.2, 0.25) is 5.78 Å². The van der Waals surface area contributed by atoms with E-state index in [9.17, 15) is 18.4 Å². The molecule has 0 aliphatic heterocycles. The smallest absolute Gasteiger partial charge is 0.412 e. The Kier molecular flexibility index (Phi) is 5.09. The van der Waals surface area contributed by atoms with E-state index in [4.69, 9.17) is 4.74 Å². The summed E-state index contributed by atoms with van der Waals surface area (Å²) >= 11 is 3.16. The van der Waals surface area contributed by atoms with Crippen LogP contribution in [0.3, 0.4) is 0 Å². The molecule has 0 unspecified atom stereocenters. The van der Waals surface area contributed by atoms with Crippen molar-refractivity contribution >= 4 is 33.5 Å². The van der Waals surface area contributed by atoms with Gasteiger partial charge in [-0.25, -0.2) is 4.79 Å². The van der Waals surface area contributed by atoms with Gasteiger partial charge in [-0.2, -0.15) is 8.78 Å². The van der Waals surface area contributed by atoms with Gasteiger partial charge in [0, 0.05) is 17.0 Å². The second-order valence-electron chi connectivity index (χ2n) is 5.53. The Morgan fingerprint density at radius 3 is 2.24 bits per heavy atom. The number of ether oxygens (including phenoxy) is 1. The van der Waals surface area contributed by atoms with E-state index in [0.29, 0.717) is 11.4 Å². The monoisotopic (exact) mass is 363 g/mol. The molecule has 0 atom stereocenters. The van der Waals surface area contributed by atoms with E-state index in [1.807, 2.05) is 0 Å². The summed E-state index contributed by atoms with van der Waals surface area (Å²) in [6.07, 6.45) is -0.825. The molecule has 0 heterocycles. The lowest BCUT2D eigenvalue weighted by molar-refractivity contribution is 0.0222. The van der Waals surface area contributed by atoms with Crippen molar-refractivity contribution in [1.82, 2.24) is 0 Å². The van der Waals surface area contributed by atoms with E-state index in [1.54, 1.807) is 20.8 Å². The molecule has 1 amide bonds. The number of carbonyl (C=O) groups excluding carboxylic acids is 2. The van der Waals surface area contributed by atoms with Crippen molar-refractivity contribution in [3.8, 4) is 0 Å². The Morgan fingerprint density at radius 2 is 1.76 bits per heavy atom. The summed E-state index contributed by atoms with van der Waals surface area (Å²) in [5, 5.41) is 2.32. The summed E-state index contributed by atoms with van der Waals surface area (Å²) in [5.41, 5.74) is -1.06. The molecule has 21 heavy (non-hydrogen) atoms. The molecular formula is C14H16BrF2NO3. The number of hydrogen-bond donors (Lipinski definition) is 1. The van der Waals surface area contributed by atoms with Gasteiger partial charge in [-0.15, -0.1) is 0 Å². The Hall–Kier alpha value is -1.50. The van der Waals surface area contributed by atoms with Gasteiger partial charge in [-0.1, -0.05) is 15.9 Å². The number of alkyl halides is 2. The molecule has 0 saturated carbocycles.